The summed E-state index contributed by atoms with van der Waals surface area (Å²) in [6.07, 6.45) is 4.30. The number of thioether (sulfide) groups is 1. The number of hydrogen-bond acceptors (Lipinski definition) is 8. The van der Waals surface area contributed by atoms with Gasteiger partial charge in [-0.05, 0) is 43.7 Å². The van der Waals surface area contributed by atoms with Crippen LogP contribution in [0.15, 0.2) is 52.9 Å². The molecule has 9 nitrogen and oxygen atoms in total. The van der Waals surface area contributed by atoms with Gasteiger partial charge in [-0.3, -0.25) is 15.0 Å². The second kappa shape index (κ2) is 8.37. The number of halogens is 1. The van der Waals surface area contributed by atoms with Crippen molar-refractivity contribution in [1.82, 2.24) is 29.4 Å². The SMILES string of the molecule is Cc1sc2ncn(NC(=O)CSc3ncnc4c3cnn4-c3ccc(F)cc3)c(=O)c2c1C. The van der Waals surface area contributed by atoms with Gasteiger partial charge >= 0.3 is 0 Å². The van der Waals surface area contributed by atoms with Crippen LogP contribution in [0.4, 0.5) is 4.39 Å². The van der Waals surface area contributed by atoms with Gasteiger partial charge in [0.05, 0.1) is 28.4 Å². The number of hydrogen-bond donors (Lipinski definition) is 1. The molecule has 0 saturated carbocycles. The summed E-state index contributed by atoms with van der Waals surface area (Å²) >= 11 is 2.64. The molecular formula is C21H16FN7O2S2. The predicted octanol–water partition coefficient (Wildman–Crippen LogP) is 3.21. The summed E-state index contributed by atoms with van der Waals surface area (Å²) in [7, 11) is 0. The Morgan fingerprint density at radius 3 is 2.76 bits per heavy atom. The number of aryl methyl sites for hydroxylation is 2. The van der Waals surface area contributed by atoms with E-state index >= 15 is 0 Å². The van der Waals surface area contributed by atoms with Crippen LogP contribution in [0.1, 0.15) is 10.4 Å². The van der Waals surface area contributed by atoms with Crippen molar-refractivity contribution in [2.24, 2.45) is 0 Å². The molecule has 0 aliphatic heterocycles. The fourth-order valence-electron chi connectivity index (χ4n) is 3.32. The summed E-state index contributed by atoms with van der Waals surface area (Å²) in [6.45, 7) is 3.80. The van der Waals surface area contributed by atoms with E-state index < -0.39 is 0 Å². The minimum atomic E-state index is -0.384. The predicted molar refractivity (Wildman–Crippen MR) is 125 cm³/mol. The number of thiophene rings is 1. The van der Waals surface area contributed by atoms with Crippen LogP contribution in [-0.2, 0) is 4.79 Å². The number of nitrogens with one attached hydrogen (secondary N) is 1. The third-order valence-electron chi connectivity index (χ3n) is 5.08. The van der Waals surface area contributed by atoms with E-state index in [1.807, 2.05) is 13.8 Å². The number of amides is 1. The molecule has 4 aromatic heterocycles. The molecule has 1 amide bonds. The minimum Gasteiger partial charge on any atom is -0.272 e. The van der Waals surface area contributed by atoms with E-state index in [-0.39, 0.29) is 23.0 Å². The third kappa shape index (κ3) is 3.87. The maximum Gasteiger partial charge on any atom is 0.281 e. The van der Waals surface area contributed by atoms with Gasteiger partial charge in [-0.1, -0.05) is 11.8 Å². The van der Waals surface area contributed by atoms with Crippen LogP contribution in [0, 0.1) is 19.7 Å². The number of carbonyl (C=O) groups is 1. The van der Waals surface area contributed by atoms with Crippen LogP contribution in [0.25, 0.3) is 26.9 Å². The van der Waals surface area contributed by atoms with Crippen molar-refractivity contribution in [1.29, 1.82) is 0 Å². The Morgan fingerprint density at radius 2 is 1.97 bits per heavy atom. The summed E-state index contributed by atoms with van der Waals surface area (Å²) in [6, 6.07) is 5.89. The van der Waals surface area contributed by atoms with Gasteiger partial charge in [-0.2, -0.15) is 5.10 Å². The van der Waals surface area contributed by atoms with Crippen LogP contribution in [0.5, 0.6) is 0 Å². The number of nitrogens with zero attached hydrogens (tertiary/aromatic N) is 6. The number of benzene rings is 1. The molecule has 0 bridgehead atoms. The van der Waals surface area contributed by atoms with Crippen molar-refractivity contribution >= 4 is 50.3 Å². The van der Waals surface area contributed by atoms with Gasteiger partial charge in [0.2, 0.25) is 5.91 Å². The lowest BCUT2D eigenvalue weighted by Crippen LogP contribution is -2.34. The van der Waals surface area contributed by atoms with Gasteiger partial charge < -0.3 is 0 Å². The molecule has 1 aromatic carbocycles. The first-order valence-corrected chi connectivity index (χ1v) is 11.6. The van der Waals surface area contributed by atoms with Crippen LogP contribution in [-0.4, -0.2) is 41.1 Å². The molecule has 0 unspecified atom stereocenters. The Kier molecular flexibility index (Phi) is 5.38. The molecule has 0 saturated heterocycles. The summed E-state index contributed by atoms with van der Waals surface area (Å²) < 4.78 is 15.9. The van der Waals surface area contributed by atoms with Crippen LogP contribution >= 0.6 is 23.1 Å². The van der Waals surface area contributed by atoms with Gasteiger partial charge in [-0.15, -0.1) is 11.3 Å². The lowest BCUT2D eigenvalue weighted by atomic mass is 10.2. The van der Waals surface area contributed by atoms with Crippen molar-refractivity contribution in [2.45, 2.75) is 18.9 Å². The molecule has 33 heavy (non-hydrogen) atoms. The van der Waals surface area contributed by atoms with E-state index in [0.29, 0.717) is 32.0 Å². The van der Waals surface area contributed by atoms with E-state index in [1.54, 1.807) is 23.0 Å². The van der Waals surface area contributed by atoms with E-state index in [1.165, 1.54) is 47.9 Å². The molecule has 4 heterocycles. The fraction of sp³-hybridized carbons (Fsp3) is 0.143. The molecule has 0 atom stereocenters. The number of rotatable bonds is 5. The summed E-state index contributed by atoms with van der Waals surface area (Å²) in [5, 5.41) is 6.06. The molecule has 12 heteroatoms. The maximum absolute atomic E-state index is 13.2. The van der Waals surface area contributed by atoms with Crippen molar-refractivity contribution < 1.29 is 9.18 Å². The topological polar surface area (TPSA) is 108 Å². The van der Waals surface area contributed by atoms with Crippen molar-refractivity contribution in [3.63, 3.8) is 0 Å². The normalized spacial score (nSPS) is 11.4. The molecule has 0 spiro atoms. The lowest BCUT2D eigenvalue weighted by Gasteiger charge is -2.08. The van der Waals surface area contributed by atoms with Gasteiger partial charge in [0.1, 0.15) is 28.3 Å². The standard InChI is InChI=1S/C21H16FN7O2S2/c1-11-12(2)33-20-17(11)21(31)28(10-25-20)27-16(30)8-32-19-15-7-26-29(18(15)23-9-24-19)14-5-3-13(22)4-6-14/h3-7,9-10H,8H2,1-2H3,(H,27,30). The molecule has 166 valence electrons. The molecule has 0 aliphatic carbocycles. The largest absolute Gasteiger partial charge is 0.281 e. The molecule has 1 N–H and O–H groups in total. The highest BCUT2D eigenvalue weighted by molar-refractivity contribution is 8.00. The Bertz CT molecular complexity index is 1570. The van der Waals surface area contributed by atoms with Crippen molar-refractivity contribution in [2.75, 3.05) is 11.2 Å². The van der Waals surface area contributed by atoms with E-state index in [2.05, 4.69) is 25.5 Å². The Labute approximate surface area is 194 Å². The molecular weight excluding hydrogens is 465 g/mol. The van der Waals surface area contributed by atoms with Gasteiger partial charge in [0.25, 0.3) is 5.56 Å². The van der Waals surface area contributed by atoms with E-state index in [0.717, 1.165) is 15.1 Å². The first-order chi connectivity index (χ1) is 15.9. The maximum atomic E-state index is 13.2. The first-order valence-electron chi connectivity index (χ1n) is 9.77. The highest BCUT2D eigenvalue weighted by atomic mass is 32.2. The Hall–Kier alpha value is -3.64. The number of fused-ring (bicyclic) bond motifs is 2. The zero-order chi connectivity index (χ0) is 23.1. The second-order valence-electron chi connectivity index (χ2n) is 7.16. The first kappa shape index (κ1) is 21.2. The minimum absolute atomic E-state index is 0.0139. The summed E-state index contributed by atoms with van der Waals surface area (Å²) in [5.41, 5.74) is 4.32. The molecule has 5 aromatic rings. The van der Waals surface area contributed by atoms with Gasteiger partial charge in [0, 0.05) is 4.88 Å². The van der Waals surface area contributed by atoms with Crippen LogP contribution in [0.2, 0.25) is 0 Å². The fourth-order valence-corrected chi connectivity index (χ4v) is 5.06. The zero-order valence-electron chi connectivity index (χ0n) is 17.4. The highest BCUT2D eigenvalue weighted by Crippen LogP contribution is 2.26. The number of aromatic nitrogens is 6. The molecule has 5 rings (SSSR count). The van der Waals surface area contributed by atoms with Gasteiger partial charge in [0.15, 0.2) is 5.65 Å². The average Bonchev–Trinajstić information content (AvgIpc) is 3.36. The molecule has 0 fully saturated rings. The Balaban J connectivity index is 1.35. The van der Waals surface area contributed by atoms with Crippen molar-refractivity contribution in [3.8, 4) is 5.69 Å². The van der Waals surface area contributed by atoms with E-state index in [4.69, 9.17) is 0 Å². The quantitative estimate of drug-likeness (QED) is 0.303. The Morgan fingerprint density at radius 1 is 1.18 bits per heavy atom. The van der Waals surface area contributed by atoms with Crippen LogP contribution < -0.4 is 11.0 Å². The van der Waals surface area contributed by atoms with E-state index in [9.17, 15) is 14.0 Å². The average molecular weight is 482 g/mol. The summed E-state index contributed by atoms with van der Waals surface area (Å²) in [5.74, 6) is -0.713. The third-order valence-corrected chi connectivity index (χ3v) is 7.20. The smallest absolute Gasteiger partial charge is 0.272 e. The molecule has 0 radical (unpaired) electrons. The summed E-state index contributed by atoms with van der Waals surface area (Å²) in [4.78, 5) is 39.8. The van der Waals surface area contributed by atoms with Crippen LogP contribution in [0.3, 0.4) is 0 Å². The monoisotopic (exact) mass is 481 g/mol. The highest BCUT2D eigenvalue weighted by Gasteiger charge is 2.15. The second-order valence-corrected chi connectivity index (χ2v) is 9.32. The van der Waals surface area contributed by atoms with Gasteiger partial charge in [-0.25, -0.2) is 28.7 Å². The van der Waals surface area contributed by atoms with Crippen molar-refractivity contribution in [3.05, 3.63) is 69.7 Å². The number of carbonyl (C=O) groups excluding carboxylic acids is 1. The zero-order valence-corrected chi connectivity index (χ0v) is 19.1. The molecule has 0 aliphatic rings. The lowest BCUT2D eigenvalue weighted by molar-refractivity contribution is -0.114.